The quantitative estimate of drug-likeness (QED) is 0.834. The van der Waals surface area contributed by atoms with E-state index in [0.29, 0.717) is 11.6 Å². The van der Waals surface area contributed by atoms with Gasteiger partial charge in [-0.25, -0.2) is 13.6 Å². The van der Waals surface area contributed by atoms with Crippen LogP contribution in [0.15, 0.2) is 29.2 Å². The SMILES string of the molecule is CCC(C)CC(C)Nc1ccccc1S(N)(=O)=O. The van der Waals surface area contributed by atoms with Gasteiger partial charge in [-0.2, -0.15) is 0 Å². The lowest BCUT2D eigenvalue weighted by atomic mass is 10.0. The maximum atomic E-state index is 11.5. The predicted molar refractivity (Wildman–Crippen MR) is 75.0 cm³/mol. The fraction of sp³-hybridized carbons (Fsp3) is 0.538. The van der Waals surface area contributed by atoms with Crippen LogP contribution in [0.3, 0.4) is 0 Å². The van der Waals surface area contributed by atoms with Crippen molar-refractivity contribution in [1.29, 1.82) is 0 Å². The third kappa shape index (κ3) is 4.31. The Bertz CT molecular complexity index is 486. The fourth-order valence-corrected chi connectivity index (χ4v) is 2.63. The van der Waals surface area contributed by atoms with Crippen molar-refractivity contribution in [3.05, 3.63) is 24.3 Å². The van der Waals surface area contributed by atoms with E-state index in [9.17, 15) is 8.42 Å². The van der Waals surface area contributed by atoms with Gasteiger partial charge in [0.2, 0.25) is 10.0 Å². The van der Waals surface area contributed by atoms with E-state index >= 15 is 0 Å². The van der Waals surface area contributed by atoms with Gasteiger partial charge >= 0.3 is 0 Å². The zero-order valence-corrected chi connectivity index (χ0v) is 12.0. The molecular weight excluding hydrogens is 248 g/mol. The summed E-state index contributed by atoms with van der Waals surface area (Å²) >= 11 is 0. The molecule has 0 aromatic heterocycles. The average Bonchev–Trinajstić information content (AvgIpc) is 2.27. The average molecular weight is 270 g/mol. The highest BCUT2D eigenvalue weighted by Gasteiger charge is 2.15. The van der Waals surface area contributed by atoms with E-state index in [1.165, 1.54) is 6.07 Å². The zero-order valence-electron chi connectivity index (χ0n) is 11.2. The number of nitrogens with two attached hydrogens (primary N) is 1. The van der Waals surface area contributed by atoms with Crippen LogP contribution >= 0.6 is 0 Å². The maximum Gasteiger partial charge on any atom is 0.240 e. The van der Waals surface area contributed by atoms with Crippen LogP contribution in [-0.2, 0) is 10.0 Å². The van der Waals surface area contributed by atoms with Crippen LogP contribution < -0.4 is 10.5 Å². The Labute approximate surface area is 110 Å². The number of anilines is 1. The second-order valence-corrected chi connectivity index (χ2v) is 6.37. The normalized spacial score (nSPS) is 15.1. The first kappa shape index (κ1) is 15.0. The smallest absolute Gasteiger partial charge is 0.240 e. The summed E-state index contributed by atoms with van der Waals surface area (Å²) in [5, 5.41) is 8.42. The van der Waals surface area contributed by atoms with Crippen molar-refractivity contribution in [2.24, 2.45) is 11.1 Å². The summed E-state index contributed by atoms with van der Waals surface area (Å²) < 4.78 is 22.9. The van der Waals surface area contributed by atoms with Crippen molar-refractivity contribution in [2.75, 3.05) is 5.32 Å². The second kappa shape index (κ2) is 6.20. The van der Waals surface area contributed by atoms with Gasteiger partial charge in [0, 0.05) is 6.04 Å². The van der Waals surface area contributed by atoms with E-state index in [-0.39, 0.29) is 10.9 Å². The maximum absolute atomic E-state index is 11.5. The summed E-state index contributed by atoms with van der Waals surface area (Å²) in [6.07, 6.45) is 2.11. The molecule has 102 valence electrons. The highest BCUT2D eigenvalue weighted by molar-refractivity contribution is 7.89. The number of nitrogens with one attached hydrogen (secondary N) is 1. The van der Waals surface area contributed by atoms with Crippen molar-refractivity contribution in [1.82, 2.24) is 0 Å². The Morgan fingerprint density at radius 3 is 2.44 bits per heavy atom. The van der Waals surface area contributed by atoms with Gasteiger partial charge < -0.3 is 5.32 Å². The number of hydrogen-bond donors (Lipinski definition) is 2. The topological polar surface area (TPSA) is 72.2 Å². The lowest BCUT2D eigenvalue weighted by molar-refractivity contribution is 0.483. The third-order valence-corrected chi connectivity index (χ3v) is 4.02. The molecule has 0 radical (unpaired) electrons. The Morgan fingerprint density at radius 1 is 1.28 bits per heavy atom. The molecule has 0 saturated carbocycles. The molecule has 0 saturated heterocycles. The molecule has 2 atom stereocenters. The van der Waals surface area contributed by atoms with Gasteiger partial charge in [-0.05, 0) is 31.4 Å². The molecule has 1 aromatic rings. The Hall–Kier alpha value is -1.07. The molecule has 0 aliphatic carbocycles. The molecule has 5 heteroatoms. The van der Waals surface area contributed by atoms with E-state index < -0.39 is 10.0 Å². The van der Waals surface area contributed by atoms with Gasteiger partial charge in [0.25, 0.3) is 0 Å². The minimum Gasteiger partial charge on any atom is -0.381 e. The highest BCUT2D eigenvalue weighted by atomic mass is 32.2. The van der Waals surface area contributed by atoms with E-state index in [0.717, 1.165) is 12.8 Å². The summed E-state index contributed by atoms with van der Waals surface area (Å²) in [7, 11) is -3.68. The minimum absolute atomic E-state index is 0.154. The van der Waals surface area contributed by atoms with E-state index in [2.05, 4.69) is 19.2 Å². The predicted octanol–water partition coefficient (Wildman–Crippen LogP) is 2.57. The summed E-state index contributed by atoms with van der Waals surface area (Å²) in [6, 6.07) is 6.94. The first-order chi connectivity index (χ1) is 8.34. The highest BCUT2D eigenvalue weighted by Crippen LogP contribution is 2.22. The molecule has 3 N–H and O–H groups in total. The van der Waals surface area contributed by atoms with Gasteiger partial charge in [-0.15, -0.1) is 0 Å². The van der Waals surface area contributed by atoms with Crippen LogP contribution in [0.2, 0.25) is 0 Å². The standard InChI is InChI=1S/C13H22N2O2S/c1-4-10(2)9-11(3)15-12-7-5-6-8-13(12)18(14,16)17/h5-8,10-11,15H,4,9H2,1-3H3,(H2,14,16,17). The van der Waals surface area contributed by atoms with Crippen LogP contribution in [0, 0.1) is 5.92 Å². The van der Waals surface area contributed by atoms with E-state index in [4.69, 9.17) is 5.14 Å². The number of rotatable bonds is 6. The number of hydrogen-bond acceptors (Lipinski definition) is 3. The van der Waals surface area contributed by atoms with E-state index in [1.807, 2.05) is 6.92 Å². The molecule has 0 spiro atoms. The monoisotopic (exact) mass is 270 g/mol. The Kier molecular flexibility index (Phi) is 5.16. The van der Waals surface area contributed by atoms with Gasteiger partial charge in [0.15, 0.2) is 0 Å². The van der Waals surface area contributed by atoms with Crippen LogP contribution in [0.5, 0.6) is 0 Å². The number of sulfonamides is 1. The summed E-state index contributed by atoms with van der Waals surface area (Å²) in [6.45, 7) is 6.38. The summed E-state index contributed by atoms with van der Waals surface area (Å²) in [4.78, 5) is 0.154. The van der Waals surface area contributed by atoms with Crippen molar-refractivity contribution >= 4 is 15.7 Å². The molecule has 4 nitrogen and oxygen atoms in total. The van der Waals surface area contributed by atoms with E-state index in [1.54, 1.807) is 18.2 Å². The number of para-hydroxylation sites is 1. The largest absolute Gasteiger partial charge is 0.381 e. The Balaban J connectivity index is 2.85. The molecule has 1 rings (SSSR count). The lowest BCUT2D eigenvalue weighted by Crippen LogP contribution is -2.21. The third-order valence-electron chi connectivity index (χ3n) is 3.05. The molecule has 0 fully saturated rings. The first-order valence-electron chi connectivity index (χ1n) is 6.23. The van der Waals surface area contributed by atoms with Gasteiger partial charge in [-0.3, -0.25) is 0 Å². The molecule has 18 heavy (non-hydrogen) atoms. The summed E-state index contributed by atoms with van der Waals surface area (Å²) in [5.74, 6) is 0.606. The van der Waals surface area contributed by atoms with Crippen molar-refractivity contribution in [3.8, 4) is 0 Å². The molecule has 0 bridgehead atoms. The molecule has 1 aromatic carbocycles. The number of primary sulfonamides is 1. The lowest BCUT2D eigenvalue weighted by Gasteiger charge is -2.20. The fourth-order valence-electron chi connectivity index (χ4n) is 1.93. The first-order valence-corrected chi connectivity index (χ1v) is 7.77. The summed E-state index contributed by atoms with van der Waals surface area (Å²) in [5.41, 5.74) is 0.579. The van der Waals surface area contributed by atoms with Crippen LogP contribution in [0.1, 0.15) is 33.6 Å². The zero-order chi connectivity index (χ0) is 13.8. The van der Waals surface area contributed by atoms with Crippen molar-refractivity contribution < 1.29 is 8.42 Å². The molecule has 0 aliphatic rings. The second-order valence-electron chi connectivity index (χ2n) is 4.84. The van der Waals surface area contributed by atoms with Crippen molar-refractivity contribution in [2.45, 2.75) is 44.6 Å². The molecule has 0 amide bonds. The molecule has 0 aliphatic heterocycles. The van der Waals surface area contributed by atoms with Crippen molar-refractivity contribution in [3.63, 3.8) is 0 Å². The molecule has 2 unspecified atom stereocenters. The van der Waals surface area contributed by atoms with Gasteiger partial charge in [0.1, 0.15) is 4.90 Å². The molecular formula is C13H22N2O2S. The molecule has 0 heterocycles. The number of benzene rings is 1. The van der Waals surface area contributed by atoms with Crippen LogP contribution in [-0.4, -0.2) is 14.5 Å². The van der Waals surface area contributed by atoms with Crippen LogP contribution in [0.4, 0.5) is 5.69 Å². The van der Waals surface area contributed by atoms with Gasteiger partial charge in [-0.1, -0.05) is 32.4 Å². The Morgan fingerprint density at radius 2 is 1.89 bits per heavy atom. The minimum atomic E-state index is -3.68. The van der Waals surface area contributed by atoms with Gasteiger partial charge in [0.05, 0.1) is 5.69 Å². The van der Waals surface area contributed by atoms with Crippen LogP contribution in [0.25, 0.3) is 0 Å².